The van der Waals surface area contributed by atoms with Crippen molar-refractivity contribution in [1.82, 2.24) is 20.2 Å². The van der Waals surface area contributed by atoms with Gasteiger partial charge in [0.25, 0.3) is 5.91 Å². The molecule has 3 aromatic rings. The molecule has 0 spiro atoms. The summed E-state index contributed by atoms with van der Waals surface area (Å²) in [5.41, 5.74) is 2.01. The van der Waals surface area contributed by atoms with E-state index in [2.05, 4.69) is 20.2 Å². The number of nitrogens with one attached hydrogen (secondary N) is 3. The molecule has 2 heterocycles. The number of aromatic nitrogens is 2. The van der Waals surface area contributed by atoms with Gasteiger partial charge in [0.15, 0.2) is 5.69 Å². The van der Waals surface area contributed by atoms with E-state index >= 15 is 0 Å². The predicted molar refractivity (Wildman–Crippen MR) is 101 cm³/mol. The van der Waals surface area contributed by atoms with E-state index in [1.54, 1.807) is 41.7 Å². The third-order valence-electron chi connectivity index (χ3n) is 3.63. The van der Waals surface area contributed by atoms with Gasteiger partial charge >= 0.3 is 0 Å². The molecule has 0 saturated carbocycles. The third-order valence-corrected chi connectivity index (χ3v) is 6.01. The average Bonchev–Trinajstić information content (AvgIpc) is 3.30. The Morgan fingerprint density at radius 3 is 2.65 bits per heavy atom. The topological polar surface area (TPSA) is 104 Å². The molecule has 26 heavy (non-hydrogen) atoms. The van der Waals surface area contributed by atoms with Gasteiger partial charge in [-0.25, -0.2) is 13.1 Å². The molecule has 0 saturated heterocycles. The summed E-state index contributed by atoms with van der Waals surface area (Å²) in [5.74, 6) is -0.362. The lowest BCUT2D eigenvalue weighted by Crippen LogP contribution is -2.34. The van der Waals surface area contributed by atoms with Crippen molar-refractivity contribution in [3.8, 4) is 10.6 Å². The zero-order chi connectivity index (χ0) is 18.6. The standard InChI is InChI=1S/C17H18N4O3S2/c1-12-4-6-13(7-5-12)26(23,24)19-9-8-18-17(22)15-11-14(20-21-15)16-3-2-10-25-16/h2-7,10-11,19H,8-9H2,1H3,(H,18,22)(H,20,21). The molecular formula is C17H18N4O3S2. The van der Waals surface area contributed by atoms with Gasteiger partial charge in [-0.15, -0.1) is 11.3 Å². The van der Waals surface area contributed by atoms with E-state index in [4.69, 9.17) is 0 Å². The first-order valence-electron chi connectivity index (χ1n) is 7.89. The number of carbonyl (C=O) groups is 1. The normalized spacial score (nSPS) is 11.4. The molecule has 7 nitrogen and oxygen atoms in total. The van der Waals surface area contributed by atoms with Crippen LogP contribution in [0.5, 0.6) is 0 Å². The number of aryl methyl sites for hydroxylation is 1. The Balaban J connectivity index is 1.50. The van der Waals surface area contributed by atoms with Gasteiger partial charge in [0.2, 0.25) is 10.0 Å². The number of thiophene rings is 1. The summed E-state index contributed by atoms with van der Waals surface area (Å²) in [6, 6.07) is 12.1. The van der Waals surface area contributed by atoms with Gasteiger partial charge in [-0.05, 0) is 36.6 Å². The van der Waals surface area contributed by atoms with Crippen molar-refractivity contribution in [2.75, 3.05) is 13.1 Å². The van der Waals surface area contributed by atoms with Crippen molar-refractivity contribution in [3.05, 3.63) is 59.1 Å². The fourth-order valence-electron chi connectivity index (χ4n) is 2.25. The second-order valence-electron chi connectivity index (χ2n) is 5.61. The van der Waals surface area contributed by atoms with Crippen molar-refractivity contribution in [1.29, 1.82) is 0 Å². The van der Waals surface area contributed by atoms with Crippen molar-refractivity contribution >= 4 is 27.3 Å². The first kappa shape index (κ1) is 18.3. The van der Waals surface area contributed by atoms with Crippen LogP contribution in [0.25, 0.3) is 10.6 Å². The largest absolute Gasteiger partial charge is 0.349 e. The lowest BCUT2D eigenvalue weighted by Gasteiger charge is -2.07. The number of hydrogen-bond acceptors (Lipinski definition) is 5. The van der Waals surface area contributed by atoms with E-state index in [1.807, 2.05) is 24.4 Å². The van der Waals surface area contributed by atoms with Crippen LogP contribution in [0.2, 0.25) is 0 Å². The van der Waals surface area contributed by atoms with Gasteiger partial charge in [0.1, 0.15) is 0 Å². The molecule has 0 aliphatic rings. The fourth-order valence-corrected chi connectivity index (χ4v) is 3.97. The van der Waals surface area contributed by atoms with Crippen LogP contribution in [0.1, 0.15) is 16.1 Å². The molecule has 0 aliphatic carbocycles. The molecule has 0 fully saturated rings. The maximum absolute atomic E-state index is 12.2. The van der Waals surface area contributed by atoms with Crippen molar-refractivity contribution in [3.63, 3.8) is 0 Å². The number of hydrogen-bond donors (Lipinski definition) is 3. The lowest BCUT2D eigenvalue weighted by atomic mass is 10.2. The molecule has 9 heteroatoms. The maximum atomic E-state index is 12.2. The number of carbonyl (C=O) groups excluding carboxylic acids is 1. The first-order valence-corrected chi connectivity index (χ1v) is 10.3. The van der Waals surface area contributed by atoms with E-state index in [0.29, 0.717) is 0 Å². The quantitative estimate of drug-likeness (QED) is 0.538. The van der Waals surface area contributed by atoms with Crippen LogP contribution in [0.3, 0.4) is 0 Å². The minimum absolute atomic E-state index is 0.0875. The summed E-state index contributed by atoms with van der Waals surface area (Å²) in [4.78, 5) is 13.3. The Morgan fingerprint density at radius 2 is 1.96 bits per heavy atom. The zero-order valence-corrected chi connectivity index (χ0v) is 15.7. The Morgan fingerprint density at radius 1 is 1.19 bits per heavy atom. The van der Waals surface area contributed by atoms with Crippen LogP contribution < -0.4 is 10.0 Å². The van der Waals surface area contributed by atoms with Crippen LogP contribution in [-0.2, 0) is 10.0 Å². The molecule has 3 N–H and O–H groups in total. The highest BCUT2D eigenvalue weighted by molar-refractivity contribution is 7.89. The summed E-state index contributed by atoms with van der Waals surface area (Å²) in [6.45, 7) is 2.13. The highest BCUT2D eigenvalue weighted by Crippen LogP contribution is 2.22. The summed E-state index contributed by atoms with van der Waals surface area (Å²) >= 11 is 1.54. The van der Waals surface area contributed by atoms with Gasteiger partial charge in [0, 0.05) is 13.1 Å². The minimum atomic E-state index is -3.59. The van der Waals surface area contributed by atoms with E-state index in [0.717, 1.165) is 16.1 Å². The molecule has 136 valence electrons. The minimum Gasteiger partial charge on any atom is -0.349 e. The Kier molecular flexibility index (Phi) is 5.50. The summed E-state index contributed by atoms with van der Waals surface area (Å²) < 4.78 is 26.8. The smallest absolute Gasteiger partial charge is 0.271 e. The number of rotatable bonds is 7. The molecule has 0 atom stereocenters. The molecule has 2 aromatic heterocycles. The lowest BCUT2D eigenvalue weighted by molar-refractivity contribution is 0.0949. The Labute approximate surface area is 155 Å². The molecule has 0 unspecified atom stereocenters. The van der Waals surface area contributed by atoms with Gasteiger partial charge < -0.3 is 5.32 Å². The molecular weight excluding hydrogens is 372 g/mol. The maximum Gasteiger partial charge on any atom is 0.271 e. The van der Waals surface area contributed by atoms with Crippen molar-refractivity contribution in [2.24, 2.45) is 0 Å². The van der Waals surface area contributed by atoms with E-state index in [-0.39, 0.29) is 29.6 Å². The number of amides is 1. The van der Waals surface area contributed by atoms with Crippen molar-refractivity contribution < 1.29 is 13.2 Å². The molecule has 3 rings (SSSR count). The second kappa shape index (κ2) is 7.81. The summed E-state index contributed by atoms with van der Waals surface area (Å²) in [6.07, 6.45) is 0. The highest BCUT2D eigenvalue weighted by Gasteiger charge is 2.14. The average molecular weight is 390 g/mol. The highest BCUT2D eigenvalue weighted by atomic mass is 32.2. The summed E-state index contributed by atoms with van der Waals surface area (Å²) in [5, 5.41) is 11.4. The zero-order valence-electron chi connectivity index (χ0n) is 14.0. The Bertz CT molecular complexity index is 977. The second-order valence-corrected chi connectivity index (χ2v) is 8.33. The fraction of sp³-hybridized carbons (Fsp3) is 0.176. The number of H-pyrrole nitrogens is 1. The summed E-state index contributed by atoms with van der Waals surface area (Å²) in [7, 11) is -3.59. The number of aromatic amines is 1. The van der Waals surface area contributed by atoms with Crippen LogP contribution in [0.15, 0.2) is 52.7 Å². The first-order chi connectivity index (χ1) is 12.5. The predicted octanol–water partition coefficient (Wildman–Crippen LogP) is 2.15. The van der Waals surface area contributed by atoms with E-state index < -0.39 is 10.0 Å². The van der Waals surface area contributed by atoms with Gasteiger partial charge in [-0.3, -0.25) is 9.89 Å². The molecule has 1 aromatic carbocycles. The molecule has 0 aliphatic heterocycles. The van der Waals surface area contributed by atoms with Gasteiger partial charge in [-0.1, -0.05) is 23.8 Å². The Hall–Kier alpha value is -2.49. The van der Waals surface area contributed by atoms with Gasteiger partial charge in [0.05, 0.1) is 15.5 Å². The van der Waals surface area contributed by atoms with Crippen LogP contribution in [-0.4, -0.2) is 37.6 Å². The molecule has 0 bridgehead atoms. The SMILES string of the molecule is Cc1ccc(S(=O)(=O)NCCNC(=O)c2cc(-c3cccs3)[nH]n2)cc1. The van der Waals surface area contributed by atoms with Crippen LogP contribution in [0, 0.1) is 6.92 Å². The molecule has 0 radical (unpaired) electrons. The number of sulfonamides is 1. The van der Waals surface area contributed by atoms with E-state index in [9.17, 15) is 13.2 Å². The number of nitrogens with zero attached hydrogens (tertiary/aromatic N) is 1. The van der Waals surface area contributed by atoms with Gasteiger partial charge in [-0.2, -0.15) is 5.10 Å². The van der Waals surface area contributed by atoms with E-state index in [1.165, 1.54) is 0 Å². The number of benzene rings is 1. The molecule has 1 amide bonds. The monoisotopic (exact) mass is 390 g/mol. The van der Waals surface area contributed by atoms with Crippen LogP contribution in [0.4, 0.5) is 0 Å². The van der Waals surface area contributed by atoms with Crippen molar-refractivity contribution in [2.45, 2.75) is 11.8 Å². The van der Waals surface area contributed by atoms with Crippen LogP contribution >= 0.6 is 11.3 Å². The third kappa shape index (κ3) is 4.37.